The maximum atomic E-state index is 10.4. The van der Waals surface area contributed by atoms with Gasteiger partial charge in [0.25, 0.3) is 0 Å². The van der Waals surface area contributed by atoms with Crippen LogP contribution < -0.4 is 11.2 Å². The zero-order valence-electron chi connectivity index (χ0n) is 7.32. The average Bonchev–Trinajstić information content (AvgIpc) is 2.08. The lowest BCUT2D eigenvalue weighted by Crippen LogP contribution is -2.12. The van der Waals surface area contributed by atoms with Gasteiger partial charge in [0.1, 0.15) is 0 Å². The molecule has 3 N–H and O–H groups in total. The highest BCUT2D eigenvalue weighted by atomic mass is 16.2. The Labute approximate surface area is 76.4 Å². The Kier molecular flexibility index (Phi) is 3.03. The fourth-order valence-electron chi connectivity index (χ4n) is 0.780. The van der Waals surface area contributed by atoms with Crippen molar-refractivity contribution in [3.8, 4) is 0 Å². The summed E-state index contributed by atoms with van der Waals surface area (Å²) < 4.78 is 0. The minimum Gasteiger partial charge on any atom is -0.399 e. The van der Waals surface area contributed by atoms with Crippen LogP contribution in [0, 0.1) is 0 Å². The van der Waals surface area contributed by atoms with Crippen molar-refractivity contribution in [2.75, 3.05) is 5.73 Å². The molecule has 0 aliphatic rings. The van der Waals surface area contributed by atoms with E-state index in [1.165, 1.54) is 6.92 Å². The van der Waals surface area contributed by atoms with E-state index in [-0.39, 0.29) is 5.91 Å². The molecule has 0 aliphatic carbocycles. The van der Waals surface area contributed by atoms with Gasteiger partial charge in [-0.3, -0.25) is 4.79 Å². The molecule has 4 heteroatoms. The molecule has 0 saturated heterocycles. The topological polar surface area (TPSA) is 67.5 Å². The van der Waals surface area contributed by atoms with Crippen LogP contribution >= 0.6 is 0 Å². The first-order valence-electron chi connectivity index (χ1n) is 3.83. The Morgan fingerprint density at radius 3 is 2.62 bits per heavy atom. The Hall–Kier alpha value is -1.84. The molecule has 0 aliphatic heterocycles. The molecule has 68 valence electrons. The molecule has 0 fully saturated rings. The summed E-state index contributed by atoms with van der Waals surface area (Å²) in [5, 5.41) is 3.71. The van der Waals surface area contributed by atoms with Crippen LogP contribution in [0.2, 0.25) is 0 Å². The Bertz CT molecular complexity index is 316. The molecule has 0 heterocycles. The average molecular weight is 177 g/mol. The van der Waals surface area contributed by atoms with Gasteiger partial charge in [-0.15, -0.1) is 0 Å². The number of nitrogen functional groups attached to an aromatic ring is 1. The monoisotopic (exact) mass is 177 g/mol. The molecule has 0 saturated carbocycles. The number of nitrogens with zero attached hydrogens (tertiary/aromatic N) is 1. The maximum Gasteiger partial charge on any atom is 0.236 e. The number of nitrogens with one attached hydrogen (secondary N) is 1. The molecular formula is C9H11N3O. The SMILES string of the molecule is CC(=O)N/N=C/c1ccc(N)cc1. The molecule has 0 bridgehead atoms. The number of carbonyl (C=O) groups excluding carboxylic acids is 1. The number of carbonyl (C=O) groups is 1. The number of hydrogen-bond donors (Lipinski definition) is 2. The van der Waals surface area contributed by atoms with E-state index in [9.17, 15) is 4.79 Å². The second kappa shape index (κ2) is 4.25. The van der Waals surface area contributed by atoms with Crippen LogP contribution in [-0.2, 0) is 4.79 Å². The summed E-state index contributed by atoms with van der Waals surface area (Å²) in [4.78, 5) is 10.4. The number of nitrogens with two attached hydrogens (primary N) is 1. The lowest BCUT2D eigenvalue weighted by Gasteiger charge is -1.94. The van der Waals surface area contributed by atoms with Gasteiger partial charge < -0.3 is 5.73 Å². The molecule has 1 rings (SSSR count). The van der Waals surface area contributed by atoms with Crippen LogP contribution in [0.25, 0.3) is 0 Å². The highest BCUT2D eigenvalue weighted by molar-refractivity contribution is 5.82. The van der Waals surface area contributed by atoms with Crippen molar-refractivity contribution in [2.45, 2.75) is 6.92 Å². The van der Waals surface area contributed by atoms with Gasteiger partial charge >= 0.3 is 0 Å². The summed E-state index contributed by atoms with van der Waals surface area (Å²) in [5.41, 5.74) is 9.39. The van der Waals surface area contributed by atoms with Crippen molar-refractivity contribution in [2.24, 2.45) is 5.10 Å². The van der Waals surface area contributed by atoms with Crippen molar-refractivity contribution in [1.29, 1.82) is 0 Å². The van der Waals surface area contributed by atoms with Gasteiger partial charge in [-0.05, 0) is 17.7 Å². The molecule has 13 heavy (non-hydrogen) atoms. The molecule has 0 atom stereocenters. The predicted molar refractivity (Wildman–Crippen MR) is 52.3 cm³/mol. The van der Waals surface area contributed by atoms with Crippen molar-refractivity contribution in [3.63, 3.8) is 0 Å². The van der Waals surface area contributed by atoms with Gasteiger partial charge in [-0.1, -0.05) is 12.1 Å². The number of rotatable bonds is 2. The quantitative estimate of drug-likeness (QED) is 0.397. The molecule has 1 aromatic carbocycles. The van der Waals surface area contributed by atoms with Crippen LogP contribution in [0.5, 0.6) is 0 Å². The molecule has 0 spiro atoms. The zero-order valence-corrected chi connectivity index (χ0v) is 7.32. The van der Waals surface area contributed by atoms with Crippen molar-refractivity contribution in [3.05, 3.63) is 29.8 Å². The van der Waals surface area contributed by atoms with Crippen LogP contribution in [-0.4, -0.2) is 12.1 Å². The highest BCUT2D eigenvalue weighted by Crippen LogP contribution is 2.02. The molecule has 1 amide bonds. The standard InChI is InChI=1S/C9H11N3O/c1-7(13)12-11-6-8-2-4-9(10)5-3-8/h2-6H,10H2,1H3,(H,12,13)/b11-6+. The van der Waals surface area contributed by atoms with E-state index < -0.39 is 0 Å². The number of anilines is 1. The van der Waals surface area contributed by atoms with Crippen molar-refractivity contribution < 1.29 is 4.79 Å². The normalized spacial score (nSPS) is 10.2. The Morgan fingerprint density at radius 1 is 1.46 bits per heavy atom. The van der Waals surface area contributed by atoms with E-state index in [4.69, 9.17) is 5.73 Å². The second-order valence-electron chi connectivity index (χ2n) is 2.59. The fourth-order valence-corrected chi connectivity index (χ4v) is 0.780. The number of amides is 1. The minimum atomic E-state index is -0.188. The summed E-state index contributed by atoms with van der Waals surface area (Å²) in [6.45, 7) is 1.40. The van der Waals surface area contributed by atoms with Gasteiger partial charge in [0, 0.05) is 12.6 Å². The van der Waals surface area contributed by atoms with Crippen molar-refractivity contribution >= 4 is 17.8 Å². The predicted octanol–water partition coefficient (Wildman–Crippen LogP) is 0.739. The third-order valence-electron chi connectivity index (χ3n) is 1.37. The molecule has 1 aromatic rings. The van der Waals surface area contributed by atoms with Gasteiger partial charge in [-0.2, -0.15) is 5.10 Å². The first-order valence-corrected chi connectivity index (χ1v) is 3.83. The molecule has 0 radical (unpaired) electrons. The van der Waals surface area contributed by atoms with E-state index in [0.29, 0.717) is 5.69 Å². The van der Waals surface area contributed by atoms with E-state index in [1.54, 1.807) is 18.3 Å². The van der Waals surface area contributed by atoms with Crippen LogP contribution in [0.4, 0.5) is 5.69 Å². The fraction of sp³-hybridized carbons (Fsp3) is 0.111. The molecule has 0 aromatic heterocycles. The van der Waals surface area contributed by atoms with Crippen molar-refractivity contribution in [1.82, 2.24) is 5.43 Å². The smallest absolute Gasteiger partial charge is 0.236 e. The van der Waals surface area contributed by atoms with E-state index in [1.807, 2.05) is 12.1 Å². The van der Waals surface area contributed by atoms with Gasteiger partial charge in [0.05, 0.1) is 6.21 Å². The first kappa shape index (κ1) is 9.25. The lowest BCUT2D eigenvalue weighted by molar-refractivity contribution is -0.118. The van der Waals surface area contributed by atoms with Crippen LogP contribution in [0.3, 0.4) is 0 Å². The summed E-state index contributed by atoms with van der Waals surface area (Å²) in [7, 11) is 0. The van der Waals surface area contributed by atoms with E-state index in [2.05, 4.69) is 10.5 Å². The van der Waals surface area contributed by atoms with Crippen LogP contribution in [0.1, 0.15) is 12.5 Å². The molecule has 0 unspecified atom stereocenters. The third-order valence-corrected chi connectivity index (χ3v) is 1.37. The molecular weight excluding hydrogens is 166 g/mol. The maximum absolute atomic E-state index is 10.4. The van der Waals surface area contributed by atoms with E-state index in [0.717, 1.165) is 5.56 Å². The first-order chi connectivity index (χ1) is 6.18. The molecule has 4 nitrogen and oxygen atoms in total. The Balaban J connectivity index is 2.59. The minimum absolute atomic E-state index is 0.188. The lowest BCUT2D eigenvalue weighted by atomic mass is 10.2. The summed E-state index contributed by atoms with van der Waals surface area (Å²) in [5.74, 6) is -0.188. The highest BCUT2D eigenvalue weighted by Gasteiger charge is 1.87. The summed E-state index contributed by atoms with van der Waals surface area (Å²) in [6.07, 6.45) is 1.56. The third kappa shape index (κ3) is 3.37. The van der Waals surface area contributed by atoms with Gasteiger partial charge in [0.2, 0.25) is 5.91 Å². The van der Waals surface area contributed by atoms with E-state index >= 15 is 0 Å². The largest absolute Gasteiger partial charge is 0.399 e. The summed E-state index contributed by atoms with van der Waals surface area (Å²) in [6, 6.07) is 7.19. The second-order valence-corrected chi connectivity index (χ2v) is 2.59. The Morgan fingerprint density at radius 2 is 2.08 bits per heavy atom. The summed E-state index contributed by atoms with van der Waals surface area (Å²) >= 11 is 0. The van der Waals surface area contributed by atoms with Crippen LogP contribution in [0.15, 0.2) is 29.4 Å². The number of hydrazone groups is 1. The number of hydrogen-bond acceptors (Lipinski definition) is 3. The number of benzene rings is 1. The zero-order chi connectivity index (χ0) is 9.68. The van der Waals surface area contributed by atoms with Gasteiger partial charge in [-0.25, -0.2) is 5.43 Å². The van der Waals surface area contributed by atoms with Gasteiger partial charge in [0.15, 0.2) is 0 Å².